The van der Waals surface area contributed by atoms with Crippen LogP contribution in [-0.4, -0.2) is 10.5 Å². The predicted molar refractivity (Wildman–Crippen MR) is 111 cm³/mol. The van der Waals surface area contributed by atoms with Crippen LogP contribution in [0.2, 0.25) is 0 Å². The molecule has 6 nitrogen and oxygen atoms in total. The second kappa shape index (κ2) is 8.65. The lowest BCUT2D eigenvalue weighted by Gasteiger charge is -2.10. The summed E-state index contributed by atoms with van der Waals surface area (Å²) in [5.74, 6) is -0.439. The quantitative estimate of drug-likeness (QED) is 0.495. The lowest BCUT2D eigenvalue weighted by atomic mass is 10.2. The number of anilines is 1. The van der Waals surface area contributed by atoms with Crippen molar-refractivity contribution in [2.75, 3.05) is 5.32 Å². The number of aryl methyl sites for hydroxylation is 1. The maximum atomic E-state index is 13.0. The van der Waals surface area contributed by atoms with Crippen LogP contribution in [0.25, 0.3) is 11.1 Å². The van der Waals surface area contributed by atoms with Crippen LogP contribution < -0.4 is 15.8 Å². The number of oxazole rings is 1. The van der Waals surface area contributed by atoms with Crippen LogP contribution in [0.3, 0.4) is 0 Å². The molecule has 0 saturated carbocycles. The average molecular weight is 406 g/mol. The van der Waals surface area contributed by atoms with E-state index in [-0.39, 0.29) is 31.3 Å². The Morgan fingerprint density at radius 1 is 1.03 bits per heavy atom. The summed E-state index contributed by atoms with van der Waals surface area (Å²) in [6.07, 6.45) is 0.115. The summed E-state index contributed by atoms with van der Waals surface area (Å²) in [6.45, 7) is 0.497. The van der Waals surface area contributed by atoms with Crippen LogP contribution in [0, 0.1) is 5.82 Å². The van der Waals surface area contributed by atoms with E-state index >= 15 is 0 Å². The zero-order chi connectivity index (χ0) is 20.9. The molecular formula is C23H19FN2O4. The number of halogens is 1. The first-order valence-corrected chi connectivity index (χ1v) is 9.44. The fourth-order valence-corrected chi connectivity index (χ4v) is 3.07. The number of carbonyl (C=O) groups excluding carboxylic acids is 1. The molecule has 1 heterocycles. The van der Waals surface area contributed by atoms with E-state index in [4.69, 9.17) is 9.15 Å². The Morgan fingerprint density at radius 2 is 1.83 bits per heavy atom. The van der Waals surface area contributed by atoms with Crippen molar-refractivity contribution in [2.45, 2.75) is 19.6 Å². The van der Waals surface area contributed by atoms with Gasteiger partial charge in [0.1, 0.15) is 18.2 Å². The highest BCUT2D eigenvalue weighted by atomic mass is 19.1. The van der Waals surface area contributed by atoms with Gasteiger partial charge in [0.15, 0.2) is 5.58 Å². The van der Waals surface area contributed by atoms with Crippen molar-refractivity contribution in [2.24, 2.45) is 0 Å². The first-order valence-electron chi connectivity index (χ1n) is 9.44. The van der Waals surface area contributed by atoms with E-state index in [0.717, 1.165) is 5.56 Å². The number of hydrogen-bond acceptors (Lipinski definition) is 4. The monoisotopic (exact) mass is 406 g/mol. The van der Waals surface area contributed by atoms with E-state index in [1.54, 1.807) is 54.6 Å². The molecule has 152 valence electrons. The molecule has 1 aromatic heterocycles. The second-order valence-electron chi connectivity index (χ2n) is 6.73. The molecule has 1 amide bonds. The summed E-state index contributed by atoms with van der Waals surface area (Å²) in [7, 11) is 0. The standard InChI is InChI=1S/C23H19FN2O4/c24-17-10-8-16(9-11-17)15-29-19-5-3-4-18(14-19)25-22(27)12-13-26-20-6-1-2-7-21(20)30-23(26)28/h1-11,14H,12-13,15H2,(H,25,27). The van der Waals surface area contributed by atoms with Gasteiger partial charge in [-0.2, -0.15) is 0 Å². The van der Waals surface area contributed by atoms with Gasteiger partial charge in [0.2, 0.25) is 5.91 Å². The largest absolute Gasteiger partial charge is 0.489 e. The Hall–Kier alpha value is -3.87. The molecule has 30 heavy (non-hydrogen) atoms. The van der Waals surface area contributed by atoms with Crippen molar-refractivity contribution in [3.05, 3.63) is 94.7 Å². The summed E-state index contributed by atoms with van der Waals surface area (Å²) in [5, 5.41) is 2.80. The minimum atomic E-state index is -0.486. The number of benzene rings is 3. The van der Waals surface area contributed by atoms with Crippen molar-refractivity contribution < 1.29 is 18.3 Å². The first kappa shape index (κ1) is 19.4. The van der Waals surface area contributed by atoms with Crippen LogP contribution >= 0.6 is 0 Å². The number of amides is 1. The van der Waals surface area contributed by atoms with Crippen molar-refractivity contribution in [3.63, 3.8) is 0 Å². The molecule has 0 aliphatic carbocycles. The molecule has 1 N–H and O–H groups in total. The highest BCUT2D eigenvalue weighted by Gasteiger charge is 2.11. The zero-order valence-electron chi connectivity index (χ0n) is 16.0. The van der Waals surface area contributed by atoms with E-state index in [1.165, 1.54) is 16.7 Å². The maximum Gasteiger partial charge on any atom is 0.419 e. The van der Waals surface area contributed by atoms with Crippen LogP contribution in [0.15, 0.2) is 82.0 Å². The number of carbonyl (C=O) groups is 1. The number of ether oxygens (including phenoxy) is 1. The number of nitrogens with one attached hydrogen (secondary N) is 1. The average Bonchev–Trinajstić information content (AvgIpc) is 3.07. The number of rotatable bonds is 7. The van der Waals surface area contributed by atoms with Gasteiger partial charge in [0.25, 0.3) is 0 Å². The molecule has 4 aromatic rings. The molecule has 7 heteroatoms. The molecule has 0 radical (unpaired) electrons. The number of aromatic nitrogens is 1. The summed E-state index contributed by atoms with van der Waals surface area (Å²) in [5.41, 5.74) is 2.57. The molecule has 0 spiro atoms. The van der Waals surface area contributed by atoms with Crippen molar-refractivity contribution in [1.82, 2.24) is 4.57 Å². The zero-order valence-corrected chi connectivity index (χ0v) is 16.0. The number of nitrogens with zero attached hydrogens (tertiary/aromatic N) is 1. The SMILES string of the molecule is O=C(CCn1c(=O)oc2ccccc21)Nc1cccc(OCc2ccc(F)cc2)c1. The van der Waals surface area contributed by atoms with Crippen molar-refractivity contribution >= 4 is 22.7 Å². The van der Waals surface area contributed by atoms with E-state index in [9.17, 15) is 14.0 Å². The molecule has 3 aromatic carbocycles. The van der Waals surface area contributed by atoms with E-state index in [1.807, 2.05) is 6.07 Å². The minimum Gasteiger partial charge on any atom is -0.489 e. The molecule has 0 atom stereocenters. The van der Waals surface area contributed by atoms with Gasteiger partial charge < -0.3 is 14.5 Å². The first-order chi connectivity index (χ1) is 14.6. The van der Waals surface area contributed by atoms with Crippen LogP contribution in [0.1, 0.15) is 12.0 Å². The number of para-hydroxylation sites is 2. The van der Waals surface area contributed by atoms with Crippen molar-refractivity contribution in [3.8, 4) is 5.75 Å². The smallest absolute Gasteiger partial charge is 0.419 e. The van der Waals surface area contributed by atoms with E-state index in [0.29, 0.717) is 22.5 Å². The van der Waals surface area contributed by atoms with E-state index in [2.05, 4.69) is 5.32 Å². The van der Waals surface area contributed by atoms with Gasteiger partial charge in [-0.15, -0.1) is 0 Å². The Labute approximate surface area is 171 Å². The predicted octanol–water partition coefficient (Wildman–Crippen LogP) is 4.34. The summed E-state index contributed by atoms with van der Waals surface area (Å²) < 4.78 is 25.3. The van der Waals surface area contributed by atoms with Gasteiger partial charge >= 0.3 is 5.76 Å². The van der Waals surface area contributed by atoms with Crippen LogP contribution in [0.4, 0.5) is 10.1 Å². The third-order valence-electron chi connectivity index (χ3n) is 4.57. The maximum absolute atomic E-state index is 13.0. The third kappa shape index (κ3) is 4.57. The Kier molecular flexibility index (Phi) is 5.61. The second-order valence-corrected chi connectivity index (χ2v) is 6.73. The highest BCUT2D eigenvalue weighted by molar-refractivity contribution is 5.90. The molecule has 0 saturated heterocycles. The van der Waals surface area contributed by atoms with Gasteiger partial charge in [-0.05, 0) is 42.0 Å². The Bertz CT molecular complexity index is 1230. The normalized spacial score (nSPS) is 10.8. The molecule has 0 aliphatic heterocycles. The summed E-state index contributed by atoms with van der Waals surface area (Å²) >= 11 is 0. The molecule has 0 aliphatic rings. The topological polar surface area (TPSA) is 73.5 Å². The van der Waals surface area contributed by atoms with Gasteiger partial charge in [0.05, 0.1) is 5.52 Å². The Balaban J connectivity index is 1.35. The molecule has 0 unspecified atom stereocenters. The van der Waals surface area contributed by atoms with Gasteiger partial charge in [-0.1, -0.05) is 30.3 Å². The van der Waals surface area contributed by atoms with Gasteiger partial charge in [0, 0.05) is 24.7 Å². The third-order valence-corrected chi connectivity index (χ3v) is 4.57. The lowest BCUT2D eigenvalue weighted by Crippen LogP contribution is -2.19. The van der Waals surface area contributed by atoms with Crippen LogP contribution in [0.5, 0.6) is 5.75 Å². The number of hydrogen-bond donors (Lipinski definition) is 1. The minimum absolute atomic E-state index is 0.115. The van der Waals surface area contributed by atoms with E-state index < -0.39 is 5.76 Å². The van der Waals surface area contributed by atoms with Gasteiger partial charge in [-0.25, -0.2) is 9.18 Å². The molecule has 0 bridgehead atoms. The Morgan fingerprint density at radius 3 is 2.67 bits per heavy atom. The fraction of sp³-hybridized carbons (Fsp3) is 0.130. The highest BCUT2D eigenvalue weighted by Crippen LogP contribution is 2.19. The fourth-order valence-electron chi connectivity index (χ4n) is 3.07. The van der Waals surface area contributed by atoms with Gasteiger partial charge in [-0.3, -0.25) is 9.36 Å². The molecule has 0 fully saturated rings. The summed E-state index contributed by atoms with van der Waals surface area (Å²) in [4.78, 5) is 24.3. The van der Waals surface area contributed by atoms with Crippen LogP contribution in [-0.2, 0) is 17.9 Å². The summed E-state index contributed by atoms with van der Waals surface area (Å²) in [6, 6.07) is 20.2. The van der Waals surface area contributed by atoms with Crippen molar-refractivity contribution in [1.29, 1.82) is 0 Å². The number of fused-ring (bicyclic) bond motifs is 1. The molecular weight excluding hydrogens is 387 g/mol. The molecule has 4 rings (SSSR count). The lowest BCUT2D eigenvalue weighted by molar-refractivity contribution is -0.116.